The number of β-lactam (4-membered cyclic amide) rings is 1. The van der Waals surface area contributed by atoms with Crippen molar-refractivity contribution in [3.8, 4) is 0 Å². The highest BCUT2D eigenvalue weighted by atomic mass is 32.2. The smallest absolute Gasteiger partial charge is 0.353 e. The fourth-order valence-electron chi connectivity index (χ4n) is 4.31. The van der Waals surface area contributed by atoms with Gasteiger partial charge >= 0.3 is 5.97 Å². The van der Waals surface area contributed by atoms with Gasteiger partial charge in [-0.25, -0.2) is 9.78 Å². The second-order valence-corrected chi connectivity index (χ2v) is 9.75. The molecule has 1 aromatic rings. The van der Waals surface area contributed by atoms with E-state index >= 15 is 0 Å². The minimum absolute atomic E-state index is 0.00911. The summed E-state index contributed by atoms with van der Waals surface area (Å²) in [7, 11) is 0. The van der Waals surface area contributed by atoms with E-state index in [0.717, 1.165) is 11.3 Å². The van der Waals surface area contributed by atoms with Gasteiger partial charge in [-0.3, -0.25) is 10.2 Å². The lowest BCUT2D eigenvalue weighted by atomic mass is 9.79. The second kappa shape index (κ2) is 7.26. The first-order chi connectivity index (χ1) is 13.7. The molecule has 3 aliphatic heterocycles. The van der Waals surface area contributed by atoms with Crippen LogP contribution in [0.5, 0.6) is 0 Å². The molecule has 0 bridgehead atoms. The van der Waals surface area contributed by atoms with Crippen molar-refractivity contribution in [3.63, 3.8) is 0 Å². The van der Waals surface area contributed by atoms with Crippen LogP contribution in [-0.2, 0) is 9.59 Å². The lowest BCUT2D eigenvalue weighted by Gasteiger charge is -2.46. The Morgan fingerprint density at radius 1 is 1.48 bits per heavy atom. The molecule has 0 saturated carbocycles. The number of thiazole rings is 1. The molecule has 0 spiro atoms. The van der Waals surface area contributed by atoms with Crippen LogP contribution in [0.15, 0.2) is 26.4 Å². The summed E-state index contributed by atoms with van der Waals surface area (Å²) in [5, 5.41) is 29.1. The van der Waals surface area contributed by atoms with Crippen LogP contribution < -0.4 is 0 Å². The zero-order chi connectivity index (χ0) is 21.0. The minimum atomic E-state index is -1.13. The topological polar surface area (TPSA) is 118 Å². The number of amides is 1. The Kier molecular flexibility index (Phi) is 5.04. The van der Waals surface area contributed by atoms with E-state index in [9.17, 15) is 19.8 Å². The van der Waals surface area contributed by atoms with Gasteiger partial charge < -0.3 is 20.0 Å². The van der Waals surface area contributed by atoms with Gasteiger partial charge in [0.2, 0.25) is 5.91 Å². The van der Waals surface area contributed by atoms with Crippen molar-refractivity contribution in [2.75, 3.05) is 6.54 Å². The molecule has 5 atom stereocenters. The molecular weight excluding hydrogens is 412 g/mol. The molecule has 3 aliphatic rings. The van der Waals surface area contributed by atoms with E-state index in [4.69, 9.17) is 5.41 Å². The number of hydrogen-bond acceptors (Lipinski definition) is 7. The van der Waals surface area contributed by atoms with Gasteiger partial charge in [0.25, 0.3) is 0 Å². The monoisotopic (exact) mass is 434 g/mol. The highest BCUT2D eigenvalue weighted by molar-refractivity contribution is 8.04. The Bertz CT molecular complexity index is 954. The third-order valence-electron chi connectivity index (χ3n) is 5.80. The number of aliphatic hydroxyl groups is 1. The quantitative estimate of drug-likeness (QED) is 0.356. The maximum Gasteiger partial charge on any atom is 0.353 e. The summed E-state index contributed by atoms with van der Waals surface area (Å²) in [6, 6.07) is -0.182. The van der Waals surface area contributed by atoms with Gasteiger partial charge in [-0.05, 0) is 19.4 Å². The third-order valence-corrected chi connectivity index (χ3v) is 8.03. The average molecular weight is 435 g/mol. The average Bonchev–Trinajstić information content (AvgIpc) is 3.32. The highest BCUT2D eigenvalue weighted by Gasteiger charge is 2.60. The van der Waals surface area contributed by atoms with Crippen LogP contribution in [0.25, 0.3) is 5.57 Å². The molecule has 3 N–H and O–H groups in total. The largest absolute Gasteiger partial charge is 0.477 e. The molecule has 1 aromatic heterocycles. The molecule has 1 fully saturated rings. The van der Waals surface area contributed by atoms with Gasteiger partial charge in [0.05, 0.1) is 30.1 Å². The summed E-state index contributed by atoms with van der Waals surface area (Å²) in [4.78, 5) is 32.8. The number of carboxylic acid groups (broad SMARTS) is 1. The fourth-order valence-corrected chi connectivity index (χ4v) is 6.43. The molecule has 0 unspecified atom stereocenters. The summed E-state index contributed by atoms with van der Waals surface area (Å²) < 4.78 is 0.714. The molecule has 29 heavy (non-hydrogen) atoms. The molecular formula is C19H22N4O4S2. The Balaban J connectivity index is 1.59. The molecule has 4 rings (SSSR count). The SMILES string of the molecule is C[C@@H](O)[C@H]1C(=O)N2C(C(=O)O)=C(Sc3nc(C4=C[C@H](C)N(C=N)C4)cs3)[C@H](C)[C@H]12. The molecule has 0 aromatic carbocycles. The number of thioether (sulfide) groups is 1. The van der Waals surface area contributed by atoms with Crippen molar-refractivity contribution in [2.45, 2.75) is 43.3 Å². The van der Waals surface area contributed by atoms with E-state index in [2.05, 4.69) is 11.1 Å². The highest BCUT2D eigenvalue weighted by Crippen LogP contribution is 2.52. The van der Waals surface area contributed by atoms with Crippen molar-refractivity contribution >= 4 is 46.9 Å². The number of aromatic nitrogens is 1. The summed E-state index contributed by atoms with van der Waals surface area (Å²) in [5.74, 6) is -2.22. The van der Waals surface area contributed by atoms with Gasteiger partial charge in [-0.15, -0.1) is 11.3 Å². The maximum atomic E-state index is 12.4. The van der Waals surface area contributed by atoms with Gasteiger partial charge in [0, 0.05) is 28.8 Å². The number of carboxylic acids is 1. The van der Waals surface area contributed by atoms with E-state index in [1.165, 1.54) is 34.3 Å². The molecule has 10 heteroatoms. The molecule has 1 saturated heterocycles. The number of hydrogen-bond donors (Lipinski definition) is 3. The summed E-state index contributed by atoms with van der Waals surface area (Å²) >= 11 is 2.73. The number of rotatable bonds is 6. The van der Waals surface area contributed by atoms with E-state index < -0.39 is 18.0 Å². The fraction of sp³-hybridized carbons (Fsp3) is 0.474. The number of aliphatic hydroxyl groups excluding tert-OH is 1. The van der Waals surface area contributed by atoms with Crippen LogP contribution in [0.1, 0.15) is 26.5 Å². The van der Waals surface area contributed by atoms with Crippen molar-refractivity contribution in [2.24, 2.45) is 11.8 Å². The molecule has 8 nitrogen and oxygen atoms in total. The molecule has 0 aliphatic carbocycles. The first kappa shape index (κ1) is 20.1. The lowest BCUT2D eigenvalue weighted by Crippen LogP contribution is -2.63. The summed E-state index contributed by atoms with van der Waals surface area (Å²) in [6.07, 6.45) is 2.58. The number of carbonyl (C=O) groups excluding carboxylic acids is 1. The zero-order valence-electron chi connectivity index (χ0n) is 16.2. The van der Waals surface area contributed by atoms with Crippen LogP contribution in [-0.4, -0.2) is 67.9 Å². The maximum absolute atomic E-state index is 12.4. The molecule has 154 valence electrons. The number of fused-ring (bicyclic) bond motifs is 1. The van der Waals surface area contributed by atoms with Crippen LogP contribution in [0.3, 0.4) is 0 Å². The van der Waals surface area contributed by atoms with Crippen molar-refractivity contribution in [1.82, 2.24) is 14.8 Å². The van der Waals surface area contributed by atoms with Crippen LogP contribution in [0, 0.1) is 17.2 Å². The predicted molar refractivity (Wildman–Crippen MR) is 111 cm³/mol. The third kappa shape index (κ3) is 3.10. The van der Waals surface area contributed by atoms with E-state index in [1.54, 1.807) is 6.92 Å². The Morgan fingerprint density at radius 3 is 2.79 bits per heavy atom. The number of nitrogens with one attached hydrogen (secondary N) is 1. The Morgan fingerprint density at radius 2 is 2.21 bits per heavy atom. The second-order valence-electron chi connectivity index (χ2n) is 7.61. The first-order valence-electron chi connectivity index (χ1n) is 9.34. The Hall–Kier alpha value is -2.17. The van der Waals surface area contributed by atoms with Gasteiger partial charge in [-0.2, -0.15) is 0 Å². The standard InChI is InChI=1S/C19H22N4O4S2/c1-8-4-11(5-22(8)7-20)12-6-28-19(21-12)29-16-9(2)14-13(10(3)24)17(25)23(14)15(16)18(26)27/h4,6-10,13-14,20,24H,5H2,1-3H3,(H,26,27)/t8-,9+,10+,13+,14+/m0/s1. The summed E-state index contributed by atoms with van der Waals surface area (Å²) in [6.45, 7) is 6.11. The van der Waals surface area contributed by atoms with E-state index in [1.807, 2.05) is 24.1 Å². The minimum Gasteiger partial charge on any atom is -0.477 e. The van der Waals surface area contributed by atoms with Crippen LogP contribution in [0.2, 0.25) is 0 Å². The lowest BCUT2D eigenvalue weighted by molar-refractivity contribution is -0.163. The number of nitrogens with zero attached hydrogens (tertiary/aromatic N) is 3. The molecule has 1 amide bonds. The van der Waals surface area contributed by atoms with Crippen molar-refractivity contribution in [3.05, 3.63) is 27.8 Å². The first-order valence-corrected chi connectivity index (χ1v) is 11.0. The Labute approximate surface area is 176 Å². The molecule has 4 heterocycles. The van der Waals surface area contributed by atoms with Gasteiger partial charge in [0.1, 0.15) is 5.70 Å². The van der Waals surface area contributed by atoms with Gasteiger partial charge in [-0.1, -0.05) is 24.8 Å². The van der Waals surface area contributed by atoms with Crippen LogP contribution in [0.4, 0.5) is 0 Å². The summed E-state index contributed by atoms with van der Waals surface area (Å²) in [5.41, 5.74) is 1.89. The normalized spacial score (nSPS) is 29.7. The predicted octanol–water partition coefficient (Wildman–Crippen LogP) is 2.08. The van der Waals surface area contributed by atoms with Gasteiger partial charge in [0.15, 0.2) is 4.34 Å². The number of carbonyl (C=O) groups is 2. The molecule has 0 radical (unpaired) electrons. The number of aliphatic carboxylic acids is 1. The zero-order valence-corrected chi connectivity index (χ0v) is 17.8. The van der Waals surface area contributed by atoms with E-state index in [0.29, 0.717) is 15.8 Å². The van der Waals surface area contributed by atoms with E-state index in [-0.39, 0.29) is 29.6 Å². The van der Waals surface area contributed by atoms with Crippen molar-refractivity contribution in [1.29, 1.82) is 5.41 Å². The van der Waals surface area contributed by atoms with Crippen LogP contribution >= 0.6 is 23.1 Å². The van der Waals surface area contributed by atoms with Crippen molar-refractivity contribution < 1.29 is 19.8 Å².